The van der Waals surface area contributed by atoms with Crippen molar-refractivity contribution in [1.82, 2.24) is 4.90 Å². The summed E-state index contributed by atoms with van der Waals surface area (Å²) < 4.78 is 38.7. The lowest BCUT2D eigenvalue weighted by Gasteiger charge is -2.25. The maximum absolute atomic E-state index is 12.9. The highest BCUT2D eigenvalue weighted by molar-refractivity contribution is 7.17. The molecule has 0 bridgehead atoms. The van der Waals surface area contributed by atoms with Crippen LogP contribution in [0.3, 0.4) is 0 Å². The number of amides is 1. The fourth-order valence-corrected chi connectivity index (χ4v) is 3.70. The summed E-state index contributed by atoms with van der Waals surface area (Å²) in [5.41, 5.74) is -0.208. The van der Waals surface area contributed by atoms with Gasteiger partial charge in [0.15, 0.2) is 0 Å². The predicted molar refractivity (Wildman–Crippen MR) is 100 cm³/mol. The van der Waals surface area contributed by atoms with Crippen LogP contribution in [-0.2, 0) is 6.18 Å². The molecule has 142 valence electrons. The Morgan fingerprint density at radius 3 is 2.19 bits per heavy atom. The monoisotopic (exact) mass is 383 g/mol. The van der Waals surface area contributed by atoms with Crippen LogP contribution in [0.5, 0.6) is 0 Å². The second kappa shape index (κ2) is 8.25. The summed E-state index contributed by atoms with van der Waals surface area (Å²) in [7, 11) is 0. The Hall–Kier alpha value is -1.82. The number of alkyl halides is 3. The molecule has 0 spiro atoms. The zero-order chi connectivity index (χ0) is 19.5. The Bertz CT molecular complexity index is 740. The SMILES string of the molecule is CC(C)CN(CC(C)C)C(=O)c1ccc(-c2cccc(C(F)(F)F)c2)s1. The summed E-state index contributed by atoms with van der Waals surface area (Å²) in [6, 6.07) is 8.63. The maximum Gasteiger partial charge on any atom is 0.416 e. The first-order chi connectivity index (χ1) is 12.1. The number of carbonyl (C=O) groups excluding carboxylic acids is 1. The number of benzene rings is 1. The number of hydrogen-bond acceptors (Lipinski definition) is 2. The van der Waals surface area contributed by atoms with Crippen molar-refractivity contribution in [2.75, 3.05) is 13.1 Å². The van der Waals surface area contributed by atoms with Crippen molar-refractivity contribution in [2.24, 2.45) is 11.8 Å². The van der Waals surface area contributed by atoms with Gasteiger partial charge in [0.05, 0.1) is 10.4 Å². The quantitative estimate of drug-likeness (QED) is 0.582. The van der Waals surface area contributed by atoms with Crippen LogP contribution in [0.15, 0.2) is 36.4 Å². The highest BCUT2D eigenvalue weighted by Crippen LogP contribution is 2.34. The van der Waals surface area contributed by atoms with E-state index in [-0.39, 0.29) is 5.91 Å². The minimum atomic E-state index is -4.38. The van der Waals surface area contributed by atoms with Gasteiger partial charge in [-0.25, -0.2) is 0 Å². The second-order valence-electron chi connectivity index (χ2n) is 7.24. The van der Waals surface area contributed by atoms with Crippen molar-refractivity contribution in [1.29, 1.82) is 0 Å². The lowest BCUT2D eigenvalue weighted by molar-refractivity contribution is -0.137. The molecule has 6 heteroatoms. The third-order valence-electron chi connectivity index (χ3n) is 3.75. The van der Waals surface area contributed by atoms with Gasteiger partial charge in [0, 0.05) is 18.0 Å². The van der Waals surface area contributed by atoms with Gasteiger partial charge in [0.1, 0.15) is 0 Å². The number of rotatable bonds is 6. The summed E-state index contributed by atoms with van der Waals surface area (Å²) in [5, 5.41) is 0. The van der Waals surface area contributed by atoms with Gasteiger partial charge >= 0.3 is 6.18 Å². The molecule has 2 rings (SSSR count). The molecule has 0 atom stereocenters. The minimum Gasteiger partial charge on any atom is -0.337 e. The molecule has 0 N–H and O–H groups in total. The number of nitrogens with zero attached hydrogens (tertiary/aromatic N) is 1. The van der Waals surface area contributed by atoms with Crippen molar-refractivity contribution >= 4 is 17.2 Å². The van der Waals surface area contributed by atoms with Gasteiger partial charge in [0.25, 0.3) is 5.91 Å². The first-order valence-electron chi connectivity index (χ1n) is 8.64. The standard InChI is InChI=1S/C20H24F3NOS/c1-13(2)11-24(12-14(3)4)19(25)18-9-8-17(26-18)15-6-5-7-16(10-15)20(21,22)23/h5-10,13-14H,11-12H2,1-4H3. The fraction of sp³-hybridized carbons (Fsp3) is 0.450. The Balaban J connectivity index is 2.26. The van der Waals surface area contributed by atoms with E-state index in [1.54, 1.807) is 18.2 Å². The van der Waals surface area contributed by atoms with Crippen molar-refractivity contribution < 1.29 is 18.0 Å². The molecular formula is C20H24F3NOS. The van der Waals surface area contributed by atoms with Crippen LogP contribution in [0, 0.1) is 11.8 Å². The van der Waals surface area contributed by atoms with Crippen LogP contribution >= 0.6 is 11.3 Å². The van der Waals surface area contributed by atoms with Gasteiger partial charge in [-0.1, -0.05) is 39.8 Å². The Kier molecular flexibility index (Phi) is 6.50. The van der Waals surface area contributed by atoms with E-state index in [1.807, 2.05) is 4.90 Å². The molecule has 26 heavy (non-hydrogen) atoms. The average molecular weight is 383 g/mol. The van der Waals surface area contributed by atoms with Gasteiger partial charge in [0.2, 0.25) is 0 Å². The third-order valence-corrected chi connectivity index (χ3v) is 4.87. The topological polar surface area (TPSA) is 20.3 Å². The molecule has 0 unspecified atom stereocenters. The van der Waals surface area contributed by atoms with Crippen molar-refractivity contribution in [3.8, 4) is 10.4 Å². The molecule has 0 saturated carbocycles. The molecule has 0 aliphatic carbocycles. The largest absolute Gasteiger partial charge is 0.416 e. The average Bonchev–Trinajstić information content (AvgIpc) is 3.02. The molecule has 1 heterocycles. The molecule has 0 saturated heterocycles. The van der Waals surface area contributed by atoms with Crippen molar-refractivity contribution in [3.05, 3.63) is 46.8 Å². The molecule has 1 amide bonds. The summed E-state index contributed by atoms with van der Waals surface area (Å²) in [6.07, 6.45) is -4.38. The summed E-state index contributed by atoms with van der Waals surface area (Å²) in [5.74, 6) is 0.636. The molecule has 2 nitrogen and oxygen atoms in total. The van der Waals surface area contributed by atoms with E-state index in [4.69, 9.17) is 0 Å². The number of thiophene rings is 1. The Morgan fingerprint density at radius 2 is 1.65 bits per heavy atom. The normalized spacial score (nSPS) is 12.0. The van der Waals surface area contributed by atoms with Crippen molar-refractivity contribution in [3.63, 3.8) is 0 Å². The first kappa shape index (κ1) is 20.5. The van der Waals surface area contributed by atoms with E-state index in [0.29, 0.717) is 40.2 Å². The van der Waals surface area contributed by atoms with E-state index in [1.165, 1.54) is 17.4 Å². The number of carbonyl (C=O) groups is 1. The van der Waals surface area contributed by atoms with E-state index in [0.717, 1.165) is 12.1 Å². The summed E-state index contributed by atoms with van der Waals surface area (Å²) >= 11 is 1.24. The predicted octanol–water partition coefficient (Wildman–Crippen LogP) is 6.19. The summed E-state index contributed by atoms with van der Waals surface area (Å²) in [4.78, 5) is 15.9. The van der Waals surface area contributed by atoms with Crippen LogP contribution < -0.4 is 0 Å². The highest BCUT2D eigenvalue weighted by atomic mass is 32.1. The Labute approximate surface area is 156 Å². The lowest BCUT2D eigenvalue weighted by atomic mass is 10.1. The maximum atomic E-state index is 12.9. The number of halogens is 3. The van der Waals surface area contributed by atoms with Crippen LogP contribution in [0.4, 0.5) is 13.2 Å². The van der Waals surface area contributed by atoms with Gasteiger partial charge in [-0.05, 0) is 41.7 Å². The molecular weight excluding hydrogens is 359 g/mol. The number of hydrogen-bond donors (Lipinski definition) is 0. The van der Waals surface area contributed by atoms with E-state index in [2.05, 4.69) is 27.7 Å². The van der Waals surface area contributed by atoms with Gasteiger partial charge < -0.3 is 4.90 Å². The molecule has 2 aromatic rings. The first-order valence-corrected chi connectivity index (χ1v) is 9.46. The van der Waals surface area contributed by atoms with Gasteiger partial charge in [-0.2, -0.15) is 13.2 Å². The van der Waals surface area contributed by atoms with Gasteiger partial charge in [-0.15, -0.1) is 11.3 Å². The zero-order valence-electron chi connectivity index (χ0n) is 15.4. The van der Waals surface area contributed by atoms with Gasteiger partial charge in [-0.3, -0.25) is 4.79 Å². The minimum absolute atomic E-state index is 0.0596. The van der Waals surface area contributed by atoms with Crippen LogP contribution in [0.2, 0.25) is 0 Å². The van der Waals surface area contributed by atoms with E-state index in [9.17, 15) is 18.0 Å². The zero-order valence-corrected chi connectivity index (χ0v) is 16.2. The molecule has 0 radical (unpaired) electrons. The van der Waals surface area contributed by atoms with Crippen LogP contribution in [0.25, 0.3) is 10.4 Å². The third kappa shape index (κ3) is 5.34. The molecule has 1 aromatic heterocycles. The van der Waals surface area contributed by atoms with Crippen LogP contribution in [-0.4, -0.2) is 23.9 Å². The van der Waals surface area contributed by atoms with Crippen LogP contribution in [0.1, 0.15) is 42.9 Å². The van der Waals surface area contributed by atoms with E-state index >= 15 is 0 Å². The smallest absolute Gasteiger partial charge is 0.337 e. The second-order valence-corrected chi connectivity index (χ2v) is 8.32. The van der Waals surface area contributed by atoms with Crippen molar-refractivity contribution in [2.45, 2.75) is 33.9 Å². The lowest BCUT2D eigenvalue weighted by Crippen LogP contribution is -2.36. The fourth-order valence-electron chi connectivity index (χ4n) is 2.73. The molecule has 0 fully saturated rings. The Morgan fingerprint density at radius 1 is 1.04 bits per heavy atom. The molecule has 1 aromatic carbocycles. The highest BCUT2D eigenvalue weighted by Gasteiger charge is 2.30. The van der Waals surface area contributed by atoms with E-state index < -0.39 is 11.7 Å². The summed E-state index contributed by atoms with van der Waals surface area (Å²) in [6.45, 7) is 9.56. The molecule has 0 aliphatic heterocycles. The molecule has 0 aliphatic rings.